The predicted octanol–water partition coefficient (Wildman–Crippen LogP) is 4.85. The van der Waals surface area contributed by atoms with Gasteiger partial charge in [0.05, 0.1) is 15.5 Å². The summed E-state index contributed by atoms with van der Waals surface area (Å²) < 4.78 is 99.9. The van der Waals surface area contributed by atoms with Gasteiger partial charge in [0.15, 0.2) is 5.84 Å². The second-order valence-electron chi connectivity index (χ2n) is 4.18. The number of nitro benzene ring substituents is 1. The Balaban J connectivity index is 3.40. The molecule has 1 aromatic rings. The lowest BCUT2D eigenvalue weighted by Crippen LogP contribution is -2.47. The van der Waals surface area contributed by atoms with Crippen molar-refractivity contribution in [2.45, 2.75) is 18.3 Å². The molecule has 5 nitrogen and oxygen atoms in total. The molecule has 0 fully saturated rings. The third-order valence-corrected chi connectivity index (χ3v) is 2.81. The van der Waals surface area contributed by atoms with Crippen molar-refractivity contribution >= 4 is 28.8 Å². The van der Waals surface area contributed by atoms with Gasteiger partial charge in [-0.05, 0) is 6.07 Å². The average molecular weight is 386 g/mol. The Bertz CT molecular complexity index is 686. The van der Waals surface area contributed by atoms with Gasteiger partial charge in [-0.2, -0.15) is 35.1 Å². The van der Waals surface area contributed by atoms with Crippen molar-refractivity contribution in [3.8, 4) is 0 Å². The summed E-state index contributed by atoms with van der Waals surface area (Å²) >= 11 is 5.30. The minimum atomic E-state index is -6.20. The van der Waals surface area contributed by atoms with Gasteiger partial charge in [0.25, 0.3) is 5.69 Å². The van der Waals surface area contributed by atoms with Crippen LogP contribution in [-0.4, -0.2) is 22.9 Å². The molecule has 0 aliphatic heterocycles. The van der Waals surface area contributed by atoms with Crippen LogP contribution < -0.4 is 5.32 Å². The zero-order chi connectivity index (χ0) is 19.1. The van der Waals surface area contributed by atoms with Gasteiger partial charge in [0.1, 0.15) is 5.69 Å². The summed E-state index contributed by atoms with van der Waals surface area (Å²) in [6.07, 6.45) is -11.3. The van der Waals surface area contributed by atoms with Crippen LogP contribution in [0, 0.1) is 15.5 Å². The van der Waals surface area contributed by atoms with Gasteiger partial charge in [0.2, 0.25) is 0 Å². The lowest BCUT2D eigenvalue weighted by Gasteiger charge is -2.21. The Morgan fingerprint density at radius 2 is 1.62 bits per heavy atom. The van der Waals surface area contributed by atoms with E-state index in [9.17, 15) is 45.2 Å². The number of alkyl halides is 8. The molecular weight excluding hydrogens is 382 g/mol. The Kier molecular flexibility index (Phi) is 4.99. The molecule has 0 heterocycles. The van der Waals surface area contributed by atoms with Crippen LogP contribution in [0.5, 0.6) is 0 Å². The largest absolute Gasteiger partial charge is 0.461 e. The normalized spacial score (nSPS) is 12.9. The smallest absolute Gasteiger partial charge is 0.332 e. The van der Waals surface area contributed by atoms with E-state index < -0.39 is 51.0 Å². The number of hydrogen-bond acceptors (Lipinski definition) is 3. The van der Waals surface area contributed by atoms with Crippen LogP contribution in [0.3, 0.4) is 0 Å². The Morgan fingerprint density at radius 3 is 2.00 bits per heavy atom. The van der Waals surface area contributed by atoms with E-state index in [1.165, 1.54) is 0 Å². The molecule has 0 aliphatic rings. The van der Waals surface area contributed by atoms with Gasteiger partial charge in [0, 0.05) is 6.07 Å². The number of rotatable bonds is 3. The van der Waals surface area contributed by atoms with Crippen LogP contribution in [0.4, 0.5) is 46.5 Å². The number of halogens is 9. The molecule has 1 aromatic carbocycles. The van der Waals surface area contributed by atoms with Crippen LogP contribution in [0.1, 0.15) is 5.56 Å². The zero-order valence-corrected chi connectivity index (χ0v) is 11.6. The van der Waals surface area contributed by atoms with Gasteiger partial charge in [-0.3, -0.25) is 15.5 Å². The van der Waals surface area contributed by atoms with Crippen LogP contribution >= 0.6 is 11.6 Å². The van der Waals surface area contributed by atoms with E-state index in [4.69, 9.17) is 17.0 Å². The summed E-state index contributed by atoms with van der Waals surface area (Å²) in [5.74, 6) is -8.27. The van der Waals surface area contributed by atoms with Gasteiger partial charge in [-0.15, -0.1) is 0 Å². The molecule has 0 saturated carbocycles. The molecule has 0 saturated heterocycles. The lowest BCUT2D eigenvalue weighted by molar-refractivity contribution is -0.384. The molecule has 0 aliphatic carbocycles. The molecule has 0 bridgehead atoms. The number of amidine groups is 1. The van der Waals surface area contributed by atoms with E-state index in [0.29, 0.717) is 0 Å². The standard InChI is InChI=1S/C10H4ClF8N3O2/c11-4-1-3(9(14,15)16)2-5(22(23)24)6(4)21-7(20)8(12,13)10(17,18)19/h1-2H,(H2,20,21). The van der Waals surface area contributed by atoms with Gasteiger partial charge in [-0.25, -0.2) is 0 Å². The van der Waals surface area contributed by atoms with Gasteiger partial charge < -0.3 is 5.32 Å². The van der Waals surface area contributed by atoms with Crippen molar-refractivity contribution in [3.63, 3.8) is 0 Å². The van der Waals surface area contributed by atoms with Crippen molar-refractivity contribution in [1.29, 1.82) is 5.41 Å². The fourth-order valence-electron chi connectivity index (χ4n) is 1.37. The topological polar surface area (TPSA) is 79.0 Å². The Hall–Kier alpha value is -2.18. The van der Waals surface area contributed by atoms with Gasteiger partial charge >= 0.3 is 18.3 Å². The summed E-state index contributed by atoms with van der Waals surface area (Å²) in [5, 5.41) is 17.3. The van der Waals surface area contributed by atoms with E-state index in [-0.39, 0.29) is 12.1 Å². The highest BCUT2D eigenvalue weighted by molar-refractivity contribution is 6.34. The summed E-state index contributed by atoms with van der Waals surface area (Å²) in [7, 11) is 0. The summed E-state index contributed by atoms with van der Waals surface area (Å²) in [6.45, 7) is 0. The lowest BCUT2D eigenvalue weighted by atomic mass is 10.1. The summed E-state index contributed by atoms with van der Waals surface area (Å²) in [4.78, 5) is 9.26. The average Bonchev–Trinajstić information content (AvgIpc) is 2.37. The van der Waals surface area contributed by atoms with Crippen LogP contribution in [-0.2, 0) is 6.18 Å². The molecule has 0 radical (unpaired) electrons. The number of nitrogens with zero attached hydrogens (tertiary/aromatic N) is 1. The number of hydrogen-bond donors (Lipinski definition) is 2. The maximum Gasteiger partial charge on any atom is 0.461 e. The van der Waals surface area contributed by atoms with E-state index >= 15 is 0 Å². The van der Waals surface area contributed by atoms with Crippen LogP contribution in [0.25, 0.3) is 0 Å². The number of benzene rings is 1. The van der Waals surface area contributed by atoms with Crippen molar-refractivity contribution < 1.29 is 40.0 Å². The maximum atomic E-state index is 12.9. The molecular formula is C10H4ClF8N3O2. The highest BCUT2D eigenvalue weighted by atomic mass is 35.5. The monoisotopic (exact) mass is 385 g/mol. The quantitative estimate of drug-likeness (QED) is 0.256. The van der Waals surface area contributed by atoms with Crippen LogP contribution in [0.15, 0.2) is 12.1 Å². The number of nitrogens with one attached hydrogen (secondary N) is 2. The molecule has 2 N–H and O–H groups in total. The zero-order valence-electron chi connectivity index (χ0n) is 10.8. The minimum absolute atomic E-state index is 0.0793. The third-order valence-electron chi connectivity index (χ3n) is 2.51. The highest BCUT2D eigenvalue weighted by Gasteiger charge is 2.61. The summed E-state index contributed by atoms with van der Waals surface area (Å²) in [5.41, 5.74) is -4.46. The van der Waals surface area contributed by atoms with Crippen molar-refractivity contribution in [2.24, 2.45) is 0 Å². The fourth-order valence-corrected chi connectivity index (χ4v) is 1.63. The minimum Gasteiger partial charge on any atom is -0.332 e. The molecule has 134 valence electrons. The van der Waals surface area contributed by atoms with Crippen molar-refractivity contribution in [2.75, 3.05) is 5.32 Å². The maximum absolute atomic E-state index is 12.9. The first-order valence-electron chi connectivity index (χ1n) is 5.44. The molecule has 0 aromatic heterocycles. The van der Waals surface area contributed by atoms with Crippen LogP contribution in [0.2, 0.25) is 5.02 Å². The van der Waals surface area contributed by atoms with Crippen molar-refractivity contribution in [3.05, 3.63) is 32.8 Å². The third kappa shape index (κ3) is 3.83. The first kappa shape index (κ1) is 19.9. The molecule has 0 amide bonds. The van der Waals surface area contributed by atoms with E-state index in [2.05, 4.69) is 0 Å². The fraction of sp³-hybridized carbons (Fsp3) is 0.300. The Morgan fingerprint density at radius 1 is 1.12 bits per heavy atom. The van der Waals surface area contributed by atoms with E-state index in [1.807, 2.05) is 0 Å². The van der Waals surface area contributed by atoms with E-state index in [0.717, 1.165) is 5.32 Å². The van der Waals surface area contributed by atoms with Crippen molar-refractivity contribution in [1.82, 2.24) is 0 Å². The van der Waals surface area contributed by atoms with Gasteiger partial charge in [-0.1, -0.05) is 11.6 Å². The predicted molar refractivity (Wildman–Crippen MR) is 65.5 cm³/mol. The first-order valence-corrected chi connectivity index (χ1v) is 5.82. The summed E-state index contributed by atoms with van der Waals surface area (Å²) in [6, 6.07) is -0.0386. The molecule has 24 heavy (non-hydrogen) atoms. The molecule has 0 unspecified atom stereocenters. The number of anilines is 1. The molecule has 0 spiro atoms. The second kappa shape index (κ2) is 6.03. The second-order valence-corrected chi connectivity index (χ2v) is 4.59. The molecule has 1 rings (SSSR count). The number of nitro groups is 1. The molecule has 0 atom stereocenters. The van der Waals surface area contributed by atoms with E-state index in [1.54, 1.807) is 0 Å². The molecule has 14 heteroatoms. The first-order chi connectivity index (χ1) is 10.6. The highest BCUT2D eigenvalue weighted by Crippen LogP contribution is 2.42. The SMILES string of the molecule is N=C(Nc1c(Cl)cc(C(F)(F)F)cc1[N+](=O)[O-])C(F)(F)C(F)(F)F. The Labute approximate surface area is 131 Å².